The number of carboxylic acids is 1. The van der Waals surface area contributed by atoms with Crippen LogP contribution < -0.4 is 5.69 Å². The molecule has 6 heteroatoms. The number of H-pyrrole nitrogens is 1. The van der Waals surface area contributed by atoms with Crippen LogP contribution in [0, 0.1) is 0 Å². The number of hydrogen-bond acceptors (Lipinski definition) is 3. The van der Waals surface area contributed by atoms with Crippen LogP contribution in [-0.2, 0) is 6.54 Å². The summed E-state index contributed by atoms with van der Waals surface area (Å²) in [6.07, 6.45) is 2.89. The lowest BCUT2D eigenvalue weighted by Gasteiger charge is -2.02. The molecule has 0 aliphatic heterocycles. The molecule has 2 N–H and O–H groups in total. The topological polar surface area (TPSA) is 75.1 Å². The molecule has 0 atom stereocenters. The minimum absolute atomic E-state index is 0.133. The first-order valence-corrected chi connectivity index (χ1v) is 6.98. The number of para-hydroxylation sites is 1. The maximum Gasteiger partial charge on any atom is 0.337 e. The highest BCUT2D eigenvalue weighted by Crippen LogP contribution is 2.16. The van der Waals surface area contributed by atoms with Crippen LogP contribution in [0.2, 0.25) is 0 Å². The molecule has 0 bridgehead atoms. The van der Waals surface area contributed by atoms with Crippen LogP contribution in [0.15, 0.2) is 23.0 Å². The molecular weight excluding hydrogens is 252 g/mol. The number of carboxylic acid groups (broad SMARTS) is 1. The van der Waals surface area contributed by atoms with E-state index >= 15 is 0 Å². The van der Waals surface area contributed by atoms with E-state index in [4.69, 9.17) is 5.11 Å². The number of aromatic carboxylic acids is 1. The van der Waals surface area contributed by atoms with Crippen LogP contribution in [0.4, 0.5) is 0 Å². The number of fused-ring (bicyclic) bond motifs is 1. The lowest BCUT2D eigenvalue weighted by Crippen LogP contribution is -2.16. The van der Waals surface area contributed by atoms with Gasteiger partial charge in [-0.2, -0.15) is 11.8 Å². The zero-order valence-electron chi connectivity index (χ0n) is 9.97. The maximum atomic E-state index is 11.8. The van der Waals surface area contributed by atoms with E-state index in [1.54, 1.807) is 28.5 Å². The van der Waals surface area contributed by atoms with E-state index in [9.17, 15) is 9.59 Å². The number of aromatic nitrogens is 2. The van der Waals surface area contributed by atoms with Gasteiger partial charge in [0.15, 0.2) is 0 Å². The summed E-state index contributed by atoms with van der Waals surface area (Å²) in [6, 6.07) is 4.91. The number of aromatic amines is 1. The summed E-state index contributed by atoms with van der Waals surface area (Å²) in [6.45, 7) is 0.600. The van der Waals surface area contributed by atoms with Crippen molar-refractivity contribution in [3.05, 3.63) is 34.2 Å². The van der Waals surface area contributed by atoms with Crippen LogP contribution in [0.5, 0.6) is 0 Å². The second kappa shape index (κ2) is 5.30. The number of benzene rings is 1. The standard InChI is InChI=1S/C12H14N2O3S/c1-18-7-3-6-14-9-5-2-4-8(11(15)16)10(9)13-12(14)17/h2,4-5H,3,6-7H2,1H3,(H,13,17)(H,15,16). The zero-order valence-corrected chi connectivity index (χ0v) is 10.8. The van der Waals surface area contributed by atoms with Crippen molar-refractivity contribution in [1.82, 2.24) is 9.55 Å². The summed E-state index contributed by atoms with van der Waals surface area (Å²) in [5.74, 6) is -0.0595. The average molecular weight is 266 g/mol. The Bertz CT molecular complexity index is 630. The molecule has 96 valence electrons. The van der Waals surface area contributed by atoms with E-state index in [1.807, 2.05) is 6.26 Å². The van der Waals surface area contributed by atoms with Gasteiger partial charge in [0, 0.05) is 6.54 Å². The molecule has 0 radical (unpaired) electrons. The highest BCUT2D eigenvalue weighted by Gasteiger charge is 2.13. The van der Waals surface area contributed by atoms with E-state index in [0.29, 0.717) is 17.6 Å². The van der Waals surface area contributed by atoms with Gasteiger partial charge in [-0.25, -0.2) is 9.59 Å². The van der Waals surface area contributed by atoms with Gasteiger partial charge in [-0.15, -0.1) is 0 Å². The van der Waals surface area contributed by atoms with Gasteiger partial charge in [-0.05, 0) is 30.6 Å². The van der Waals surface area contributed by atoms with Gasteiger partial charge < -0.3 is 10.1 Å². The fraction of sp³-hybridized carbons (Fsp3) is 0.333. The van der Waals surface area contributed by atoms with Crippen molar-refractivity contribution in [1.29, 1.82) is 0 Å². The summed E-state index contributed by atoms with van der Waals surface area (Å²) in [5, 5.41) is 9.06. The summed E-state index contributed by atoms with van der Waals surface area (Å²) < 4.78 is 1.60. The third kappa shape index (κ3) is 2.28. The van der Waals surface area contributed by atoms with Crippen molar-refractivity contribution in [2.75, 3.05) is 12.0 Å². The van der Waals surface area contributed by atoms with E-state index in [-0.39, 0.29) is 11.3 Å². The molecule has 0 saturated heterocycles. The van der Waals surface area contributed by atoms with Crippen LogP contribution in [0.3, 0.4) is 0 Å². The highest BCUT2D eigenvalue weighted by molar-refractivity contribution is 7.98. The first kappa shape index (κ1) is 12.8. The van der Waals surface area contributed by atoms with Gasteiger partial charge in [0.2, 0.25) is 0 Å². The number of imidazole rings is 1. The SMILES string of the molecule is CSCCCn1c(=O)[nH]c2c(C(=O)O)cccc21. The Morgan fingerprint density at radius 1 is 1.50 bits per heavy atom. The molecule has 2 aromatic rings. The number of carbonyl (C=O) groups is 1. The third-order valence-electron chi connectivity index (χ3n) is 2.77. The fourth-order valence-electron chi connectivity index (χ4n) is 1.95. The number of thioether (sulfide) groups is 1. The predicted octanol–water partition coefficient (Wildman–Crippen LogP) is 1.78. The minimum atomic E-state index is -1.03. The summed E-state index contributed by atoms with van der Waals surface area (Å²) in [7, 11) is 0. The van der Waals surface area contributed by atoms with Crippen LogP contribution in [0.1, 0.15) is 16.8 Å². The maximum absolute atomic E-state index is 11.8. The molecule has 1 heterocycles. The smallest absolute Gasteiger partial charge is 0.337 e. The van der Waals surface area contributed by atoms with Gasteiger partial charge in [-0.1, -0.05) is 6.07 Å². The second-order valence-electron chi connectivity index (χ2n) is 3.93. The molecule has 0 amide bonds. The number of aryl methyl sites for hydroxylation is 1. The Balaban J connectivity index is 2.48. The minimum Gasteiger partial charge on any atom is -0.478 e. The normalized spacial score (nSPS) is 10.9. The lowest BCUT2D eigenvalue weighted by molar-refractivity contribution is 0.0699. The molecule has 1 aromatic heterocycles. The molecule has 0 saturated carbocycles. The van der Waals surface area contributed by atoms with E-state index in [0.717, 1.165) is 12.2 Å². The molecule has 18 heavy (non-hydrogen) atoms. The van der Waals surface area contributed by atoms with E-state index < -0.39 is 5.97 Å². The van der Waals surface area contributed by atoms with Crippen molar-refractivity contribution < 1.29 is 9.90 Å². The average Bonchev–Trinajstić information content (AvgIpc) is 2.66. The van der Waals surface area contributed by atoms with Crippen molar-refractivity contribution >= 4 is 28.8 Å². The molecule has 0 fully saturated rings. The Kier molecular flexibility index (Phi) is 3.76. The largest absolute Gasteiger partial charge is 0.478 e. The zero-order chi connectivity index (χ0) is 13.1. The molecule has 2 rings (SSSR count). The predicted molar refractivity (Wildman–Crippen MR) is 72.5 cm³/mol. The quantitative estimate of drug-likeness (QED) is 0.809. The number of rotatable bonds is 5. The van der Waals surface area contributed by atoms with Crippen molar-refractivity contribution in [2.24, 2.45) is 0 Å². The number of nitrogens with one attached hydrogen (secondary N) is 1. The number of nitrogens with zero attached hydrogens (tertiary/aromatic N) is 1. The van der Waals surface area contributed by atoms with Crippen LogP contribution in [0.25, 0.3) is 11.0 Å². The van der Waals surface area contributed by atoms with Gasteiger partial charge >= 0.3 is 11.7 Å². The molecule has 0 spiro atoms. The van der Waals surface area contributed by atoms with Gasteiger partial charge in [0.25, 0.3) is 0 Å². The van der Waals surface area contributed by atoms with E-state index in [1.165, 1.54) is 6.07 Å². The molecular formula is C12H14N2O3S. The Morgan fingerprint density at radius 3 is 2.94 bits per heavy atom. The van der Waals surface area contributed by atoms with E-state index in [2.05, 4.69) is 4.98 Å². The summed E-state index contributed by atoms with van der Waals surface area (Å²) in [5.41, 5.74) is 0.938. The molecule has 0 aliphatic carbocycles. The van der Waals surface area contributed by atoms with Gasteiger partial charge in [-0.3, -0.25) is 4.57 Å². The van der Waals surface area contributed by atoms with Gasteiger partial charge in [0.05, 0.1) is 16.6 Å². The number of hydrogen-bond donors (Lipinski definition) is 2. The van der Waals surface area contributed by atoms with Crippen LogP contribution >= 0.6 is 11.8 Å². The molecule has 0 unspecified atom stereocenters. The van der Waals surface area contributed by atoms with Crippen LogP contribution in [-0.4, -0.2) is 32.6 Å². The lowest BCUT2D eigenvalue weighted by atomic mass is 10.2. The van der Waals surface area contributed by atoms with Crippen molar-refractivity contribution in [3.8, 4) is 0 Å². The van der Waals surface area contributed by atoms with Crippen molar-refractivity contribution in [2.45, 2.75) is 13.0 Å². The third-order valence-corrected chi connectivity index (χ3v) is 3.47. The Labute approximate surface area is 108 Å². The second-order valence-corrected chi connectivity index (χ2v) is 4.92. The van der Waals surface area contributed by atoms with Gasteiger partial charge in [0.1, 0.15) is 0 Å². The summed E-state index contributed by atoms with van der Waals surface area (Å²) in [4.78, 5) is 25.5. The fourth-order valence-corrected chi connectivity index (χ4v) is 2.37. The van der Waals surface area contributed by atoms with Crippen molar-refractivity contribution in [3.63, 3.8) is 0 Å². The summed E-state index contributed by atoms with van der Waals surface area (Å²) >= 11 is 1.72. The Hall–Kier alpha value is -1.69. The molecule has 5 nitrogen and oxygen atoms in total. The first-order valence-electron chi connectivity index (χ1n) is 5.59. The Morgan fingerprint density at radius 2 is 2.28 bits per heavy atom. The first-order chi connectivity index (χ1) is 8.65. The molecule has 1 aromatic carbocycles. The monoisotopic (exact) mass is 266 g/mol. The highest BCUT2D eigenvalue weighted by atomic mass is 32.2. The molecule has 0 aliphatic rings.